The third-order valence-electron chi connectivity index (χ3n) is 5.84. The van der Waals surface area contributed by atoms with E-state index in [9.17, 15) is 9.59 Å². The Kier molecular flexibility index (Phi) is 5.89. The van der Waals surface area contributed by atoms with Crippen molar-refractivity contribution in [1.82, 2.24) is 0 Å². The molecule has 3 aromatic carbocycles. The Hall–Kier alpha value is -3.37. The van der Waals surface area contributed by atoms with Crippen molar-refractivity contribution in [3.05, 3.63) is 99.7 Å². The fraction of sp³-hybridized carbons (Fsp3) is 0.214. The molecule has 0 radical (unpaired) electrons. The molecule has 0 bridgehead atoms. The van der Waals surface area contributed by atoms with Gasteiger partial charge in [0.25, 0.3) is 11.8 Å². The zero-order valence-electron chi connectivity index (χ0n) is 19.5. The molecule has 0 aliphatic carbocycles. The van der Waals surface area contributed by atoms with Gasteiger partial charge in [-0.2, -0.15) is 0 Å². The lowest BCUT2D eigenvalue weighted by Crippen LogP contribution is -2.32. The van der Waals surface area contributed by atoms with Gasteiger partial charge in [-0.1, -0.05) is 68.3 Å². The maximum Gasteiger partial charge on any atom is 0.282 e. The number of aryl methyl sites for hydroxylation is 2. The van der Waals surface area contributed by atoms with Crippen LogP contribution in [0.5, 0.6) is 0 Å². The molecule has 1 N–H and O–H groups in total. The number of hydrogen-bond donors (Lipinski definition) is 1. The van der Waals surface area contributed by atoms with Gasteiger partial charge in [0.15, 0.2) is 0 Å². The van der Waals surface area contributed by atoms with Gasteiger partial charge in [-0.3, -0.25) is 9.59 Å². The largest absolute Gasteiger partial charge is 0.350 e. The smallest absolute Gasteiger partial charge is 0.282 e. The molecule has 0 spiro atoms. The average Bonchev–Trinajstić information content (AvgIpc) is 2.98. The van der Waals surface area contributed by atoms with Gasteiger partial charge in [-0.15, -0.1) is 0 Å². The van der Waals surface area contributed by atoms with Gasteiger partial charge >= 0.3 is 0 Å². The number of imide groups is 1. The van der Waals surface area contributed by atoms with Gasteiger partial charge in [0.2, 0.25) is 0 Å². The normalized spacial score (nSPS) is 14.3. The molecule has 168 valence electrons. The first-order valence-electron chi connectivity index (χ1n) is 10.9. The highest BCUT2D eigenvalue weighted by Crippen LogP contribution is 2.36. The van der Waals surface area contributed by atoms with E-state index >= 15 is 0 Å². The van der Waals surface area contributed by atoms with Crippen LogP contribution in [0.4, 0.5) is 11.4 Å². The van der Waals surface area contributed by atoms with Crippen LogP contribution in [0, 0.1) is 13.8 Å². The van der Waals surface area contributed by atoms with E-state index in [4.69, 9.17) is 11.6 Å². The minimum absolute atomic E-state index is 0.0203. The molecule has 0 aromatic heterocycles. The maximum absolute atomic E-state index is 13.6. The molecule has 2 amide bonds. The molecular weight excluding hydrogens is 432 g/mol. The molecule has 33 heavy (non-hydrogen) atoms. The first kappa shape index (κ1) is 22.8. The van der Waals surface area contributed by atoms with Crippen molar-refractivity contribution in [2.75, 3.05) is 10.2 Å². The minimum atomic E-state index is -0.391. The standard InChI is InChI=1S/C28H27ClN2O2/c1-17-6-15-23(18(2)16-17)24-25(30-21-11-7-19(8-12-21)28(3,4)5)27(33)31(26(24)32)22-13-9-20(29)10-14-22/h6-16,30H,1-5H3. The zero-order valence-corrected chi connectivity index (χ0v) is 20.2. The number of anilines is 2. The first-order chi connectivity index (χ1) is 15.6. The molecule has 5 heteroatoms. The van der Waals surface area contributed by atoms with Crippen molar-refractivity contribution >= 4 is 40.4 Å². The first-order valence-corrected chi connectivity index (χ1v) is 11.3. The predicted octanol–water partition coefficient (Wildman–Crippen LogP) is 6.65. The molecule has 1 aliphatic heterocycles. The molecule has 1 aliphatic rings. The minimum Gasteiger partial charge on any atom is -0.350 e. The molecule has 0 saturated heterocycles. The number of rotatable bonds is 4. The van der Waals surface area contributed by atoms with E-state index in [1.165, 1.54) is 10.5 Å². The van der Waals surface area contributed by atoms with Crippen LogP contribution in [0.25, 0.3) is 5.57 Å². The summed E-state index contributed by atoms with van der Waals surface area (Å²) in [5.74, 6) is -0.750. The van der Waals surface area contributed by atoms with Crippen LogP contribution in [0.1, 0.15) is 43.0 Å². The lowest BCUT2D eigenvalue weighted by molar-refractivity contribution is -0.120. The monoisotopic (exact) mass is 458 g/mol. The fourth-order valence-electron chi connectivity index (χ4n) is 4.01. The highest BCUT2D eigenvalue weighted by atomic mass is 35.5. The van der Waals surface area contributed by atoms with Gasteiger partial charge < -0.3 is 5.32 Å². The summed E-state index contributed by atoms with van der Waals surface area (Å²) in [6.07, 6.45) is 0. The highest BCUT2D eigenvalue weighted by Gasteiger charge is 2.40. The lowest BCUT2D eigenvalue weighted by Gasteiger charge is -2.19. The molecule has 0 saturated carbocycles. The van der Waals surface area contributed by atoms with E-state index in [-0.39, 0.29) is 17.0 Å². The number of nitrogens with zero attached hydrogens (tertiary/aromatic N) is 1. The molecule has 3 aromatic rings. The maximum atomic E-state index is 13.6. The van der Waals surface area contributed by atoms with E-state index in [2.05, 4.69) is 26.1 Å². The van der Waals surface area contributed by atoms with Crippen molar-refractivity contribution in [3.63, 3.8) is 0 Å². The molecule has 4 rings (SSSR count). The third kappa shape index (κ3) is 4.44. The van der Waals surface area contributed by atoms with Crippen LogP contribution in [0.2, 0.25) is 5.02 Å². The van der Waals surface area contributed by atoms with Gasteiger partial charge in [0.1, 0.15) is 5.70 Å². The summed E-state index contributed by atoms with van der Waals surface area (Å²) in [4.78, 5) is 28.4. The Labute approximate surface area is 199 Å². The van der Waals surface area contributed by atoms with E-state index < -0.39 is 5.91 Å². The van der Waals surface area contributed by atoms with Crippen LogP contribution >= 0.6 is 11.6 Å². The predicted molar refractivity (Wildman–Crippen MR) is 136 cm³/mol. The van der Waals surface area contributed by atoms with E-state index in [1.807, 2.05) is 56.3 Å². The van der Waals surface area contributed by atoms with Crippen LogP contribution in [-0.2, 0) is 15.0 Å². The Morgan fingerprint density at radius 2 is 1.45 bits per heavy atom. The van der Waals surface area contributed by atoms with Crippen LogP contribution in [0.15, 0.2) is 72.4 Å². The fourth-order valence-corrected chi connectivity index (χ4v) is 4.14. The van der Waals surface area contributed by atoms with Gasteiger partial charge in [-0.25, -0.2) is 4.90 Å². The quantitative estimate of drug-likeness (QED) is 0.445. The average molecular weight is 459 g/mol. The van der Waals surface area contributed by atoms with Crippen LogP contribution in [-0.4, -0.2) is 11.8 Å². The number of benzene rings is 3. The third-order valence-corrected chi connectivity index (χ3v) is 6.09. The summed E-state index contributed by atoms with van der Waals surface area (Å²) in [6, 6.07) is 20.5. The van der Waals surface area contributed by atoms with E-state index in [1.54, 1.807) is 24.3 Å². The van der Waals surface area contributed by atoms with E-state index in [0.717, 1.165) is 22.4 Å². The van der Waals surface area contributed by atoms with Crippen molar-refractivity contribution in [2.24, 2.45) is 0 Å². The molecule has 0 unspecified atom stereocenters. The Morgan fingerprint density at radius 3 is 2.03 bits per heavy atom. The molecule has 4 nitrogen and oxygen atoms in total. The lowest BCUT2D eigenvalue weighted by atomic mass is 9.87. The number of carbonyl (C=O) groups excluding carboxylic acids is 2. The molecular formula is C28H27ClN2O2. The number of halogens is 1. The summed E-state index contributed by atoms with van der Waals surface area (Å²) in [5.41, 5.74) is 5.85. The topological polar surface area (TPSA) is 49.4 Å². The number of hydrogen-bond acceptors (Lipinski definition) is 3. The second kappa shape index (κ2) is 8.53. The van der Waals surface area contributed by atoms with Crippen molar-refractivity contribution in [3.8, 4) is 0 Å². The van der Waals surface area contributed by atoms with Crippen LogP contribution < -0.4 is 10.2 Å². The number of amides is 2. The van der Waals surface area contributed by atoms with Crippen molar-refractivity contribution < 1.29 is 9.59 Å². The van der Waals surface area contributed by atoms with Crippen molar-refractivity contribution in [1.29, 1.82) is 0 Å². The van der Waals surface area contributed by atoms with E-state index in [0.29, 0.717) is 16.3 Å². The van der Waals surface area contributed by atoms with Crippen LogP contribution in [0.3, 0.4) is 0 Å². The second-order valence-corrected chi connectivity index (χ2v) is 9.88. The Morgan fingerprint density at radius 1 is 0.818 bits per heavy atom. The zero-order chi connectivity index (χ0) is 23.9. The van der Waals surface area contributed by atoms with Gasteiger partial charge in [0, 0.05) is 10.7 Å². The number of carbonyl (C=O) groups is 2. The van der Waals surface area contributed by atoms with Crippen molar-refractivity contribution in [2.45, 2.75) is 40.0 Å². The summed E-state index contributed by atoms with van der Waals surface area (Å²) >= 11 is 6.02. The summed E-state index contributed by atoms with van der Waals surface area (Å²) < 4.78 is 0. The highest BCUT2D eigenvalue weighted by molar-refractivity contribution is 6.46. The summed E-state index contributed by atoms with van der Waals surface area (Å²) in [6.45, 7) is 10.4. The Bertz CT molecular complexity index is 1270. The van der Waals surface area contributed by atoms with Gasteiger partial charge in [0.05, 0.1) is 11.3 Å². The SMILES string of the molecule is Cc1ccc(C2=C(Nc3ccc(C(C)(C)C)cc3)C(=O)N(c3ccc(Cl)cc3)C2=O)c(C)c1. The molecule has 0 atom stereocenters. The molecule has 1 heterocycles. The number of nitrogens with one attached hydrogen (secondary N) is 1. The summed E-state index contributed by atoms with van der Waals surface area (Å²) in [5, 5.41) is 3.78. The summed E-state index contributed by atoms with van der Waals surface area (Å²) in [7, 11) is 0. The molecule has 0 fully saturated rings. The second-order valence-electron chi connectivity index (χ2n) is 9.44. The Balaban J connectivity index is 1.80. The van der Waals surface area contributed by atoms with Gasteiger partial charge in [-0.05, 0) is 72.4 Å².